The fourth-order valence-corrected chi connectivity index (χ4v) is 1.87. The van der Waals surface area contributed by atoms with E-state index in [9.17, 15) is 0 Å². The van der Waals surface area contributed by atoms with Crippen LogP contribution in [0.4, 0.5) is 17.6 Å². The maximum atomic E-state index is 5.76. The molecule has 0 unspecified atom stereocenters. The number of nitrogens with zero attached hydrogens (tertiary/aromatic N) is 2. The number of ether oxygens (including phenoxy) is 1. The molecule has 0 aliphatic rings. The van der Waals surface area contributed by atoms with Crippen LogP contribution in [0.15, 0.2) is 54.6 Å². The Morgan fingerprint density at radius 1 is 1.10 bits per heavy atom. The number of nitrogen functional groups attached to an aromatic ring is 1. The summed E-state index contributed by atoms with van der Waals surface area (Å²) >= 11 is 0. The average Bonchev–Trinajstić information content (AvgIpc) is 2.92. The molecule has 0 saturated carbocycles. The molecule has 6 nitrogen and oxygen atoms in total. The summed E-state index contributed by atoms with van der Waals surface area (Å²) in [5.41, 5.74) is 7.42. The molecule has 0 spiro atoms. The highest BCUT2D eigenvalue weighted by molar-refractivity contribution is 5.56. The molecule has 0 radical (unpaired) electrons. The van der Waals surface area contributed by atoms with E-state index in [0.29, 0.717) is 12.6 Å². The average molecular weight is 281 g/mol. The van der Waals surface area contributed by atoms with E-state index in [4.69, 9.17) is 10.5 Å². The number of rotatable bonds is 5. The van der Waals surface area contributed by atoms with Crippen LogP contribution < -0.4 is 15.8 Å². The fraction of sp³-hybridized carbons (Fsp3) is 0.0667. The normalized spacial score (nSPS) is 10.3. The van der Waals surface area contributed by atoms with E-state index in [2.05, 4.69) is 20.5 Å². The molecule has 0 saturated heterocycles. The highest BCUT2D eigenvalue weighted by Crippen LogP contribution is 2.20. The Bertz CT molecular complexity index is 711. The number of anilines is 3. The molecule has 1 aromatic heterocycles. The van der Waals surface area contributed by atoms with Crippen molar-refractivity contribution in [2.45, 2.75) is 6.61 Å². The van der Waals surface area contributed by atoms with Gasteiger partial charge in [0, 0.05) is 11.8 Å². The zero-order chi connectivity index (χ0) is 14.5. The second kappa shape index (κ2) is 5.96. The van der Waals surface area contributed by atoms with Gasteiger partial charge < -0.3 is 15.8 Å². The Kier molecular flexibility index (Phi) is 3.68. The molecule has 4 N–H and O–H groups in total. The molecule has 0 aliphatic carbocycles. The van der Waals surface area contributed by atoms with Gasteiger partial charge >= 0.3 is 0 Å². The Hall–Kier alpha value is -3.02. The molecular weight excluding hydrogens is 266 g/mol. The van der Waals surface area contributed by atoms with Crippen LogP contribution in [-0.2, 0) is 6.61 Å². The SMILES string of the molecule is Nc1n[nH]c(Nc2cccc(OCc3ccccc3)c2)n1. The summed E-state index contributed by atoms with van der Waals surface area (Å²) in [5.74, 6) is 1.47. The van der Waals surface area contributed by atoms with Crippen LogP contribution in [0.3, 0.4) is 0 Å². The number of aromatic nitrogens is 3. The van der Waals surface area contributed by atoms with Gasteiger partial charge in [0.25, 0.3) is 0 Å². The third-order valence-electron chi connectivity index (χ3n) is 2.85. The van der Waals surface area contributed by atoms with E-state index in [1.54, 1.807) is 0 Å². The van der Waals surface area contributed by atoms with E-state index < -0.39 is 0 Å². The van der Waals surface area contributed by atoms with E-state index in [1.807, 2.05) is 54.6 Å². The minimum atomic E-state index is 0.203. The molecule has 6 heteroatoms. The second-order valence-corrected chi connectivity index (χ2v) is 4.47. The van der Waals surface area contributed by atoms with E-state index in [-0.39, 0.29) is 5.95 Å². The standard InChI is InChI=1S/C15H15N5O/c16-14-18-15(20-19-14)17-12-7-4-8-13(9-12)21-10-11-5-2-1-3-6-11/h1-9H,10H2,(H4,16,17,18,19,20). The number of nitrogens with two attached hydrogens (primary N) is 1. The molecule has 3 aromatic rings. The molecule has 0 bridgehead atoms. The van der Waals surface area contributed by atoms with Crippen molar-refractivity contribution in [3.05, 3.63) is 60.2 Å². The maximum absolute atomic E-state index is 5.76. The summed E-state index contributed by atoms with van der Waals surface area (Å²) < 4.78 is 5.76. The minimum absolute atomic E-state index is 0.203. The molecule has 21 heavy (non-hydrogen) atoms. The van der Waals surface area contributed by atoms with Crippen LogP contribution in [0.1, 0.15) is 5.56 Å². The van der Waals surface area contributed by atoms with Crippen molar-refractivity contribution in [3.8, 4) is 5.75 Å². The quantitative estimate of drug-likeness (QED) is 0.669. The van der Waals surface area contributed by atoms with Crippen molar-refractivity contribution in [1.82, 2.24) is 15.2 Å². The number of hydrogen-bond acceptors (Lipinski definition) is 5. The van der Waals surface area contributed by atoms with Gasteiger partial charge in [0.2, 0.25) is 11.9 Å². The van der Waals surface area contributed by atoms with E-state index in [0.717, 1.165) is 17.0 Å². The monoisotopic (exact) mass is 281 g/mol. The van der Waals surface area contributed by atoms with Gasteiger partial charge in [-0.25, -0.2) is 5.10 Å². The minimum Gasteiger partial charge on any atom is -0.489 e. The molecule has 3 rings (SSSR count). The van der Waals surface area contributed by atoms with Gasteiger partial charge in [0.05, 0.1) is 0 Å². The van der Waals surface area contributed by atoms with Gasteiger partial charge in [0.15, 0.2) is 0 Å². The summed E-state index contributed by atoms with van der Waals surface area (Å²) in [7, 11) is 0. The number of nitrogens with one attached hydrogen (secondary N) is 2. The van der Waals surface area contributed by atoms with Gasteiger partial charge in [-0.05, 0) is 17.7 Å². The Morgan fingerprint density at radius 2 is 1.95 bits per heavy atom. The number of benzene rings is 2. The molecule has 1 heterocycles. The molecule has 0 amide bonds. The molecule has 0 atom stereocenters. The first-order valence-corrected chi connectivity index (χ1v) is 6.51. The zero-order valence-corrected chi connectivity index (χ0v) is 11.3. The van der Waals surface area contributed by atoms with Gasteiger partial charge in [-0.15, -0.1) is 5.10 Å². The van der Waals surface area contributed by atoms with Crippen molar-refractivity contribution in [2.75, 3.05) is 11.1 Å². The summed E-state index contributed by atoms with van der Waals surface area (Å²) in [6, 6.07) is 17.6. The van der Waals surface area contributed by atoms with Crippen LogP contribution in [0.5, 0.6) is 5.75 Å². The second-order valence-electron chi connectivity index (χ2n) is 4.47. The number of H-pyrrole nitrogens is 1. The molecule has 2 aromatic carbocycles. The molecule has 0 fully saturated rings. The topological polar surface area (TPSA) is 88.8 Å². The highest BCUT2D eigenvalue weighted by Gasteiger charge is 2.02. The summed E-state index contributed by atoms with van der Waals surface area (Å²) in [6.45, 7) is 0.527. The zero-order valence-electron chi connectivity index (χ0n) is 11.3. The van der Waals surface area contributed by atoms with Crippen molar-refractivity contribution < 1.29 is 4.74 Å². The van der Waals surface area contributed by atoms with Gasteiger partial charge in [-0.3, -0.25) is 0 Å². The van der Waals surface area contributed by atoms with Crippen LogP contribution >= 0.6 is 0 Å². The Morgan fingerprint density at radius 3 is 2.71 bits per heavy atom. The van der Waals surface area contributed by atoms with Gasteiger partial charge in [0.1, 0.15) is 12.4 Å². The van der Waals surface area contributed by atoms with Crippen molar-refractivity contribution in [3.63, 3.8) is 0 Å². The van der Waals surface area contributed by atoms with Crippen LogP contribution in [0.25, 0.3) is 0 Å². The lowest BCUT2D eigenvalue weighted by Crippen LogP contribution is -1.97. The summed E-state index contributed by atoms with van der Waals surface area (Å²) in [5, 5.41) is 9.53. The van der Waals surface area contributed by atoms with Crippen LogP contribution in [0, 0.1) is 0 Å². The highest BCUT2D eigenvalue weighted by atomic mass is 16.5. The van der Waals surface area contributed by atoms with Crippen molar-refractivity contribution in [1.29, 1.82) is 0 Å². The van der Waals surface area contributed by atoms with Crippen molar-refractivity contribution >= 4 is 17.6 Å². The lowest BCUT2D eigenvalue weighted by Gasteiger charge is -2.08. The third-order valence-corrected chi connectivity index (χ3v) is 2.85. The summed E-state index contributed by atoms with van der Waals surface area (Å²) in [6.07, 6.45) is 0. The lowest BCUT2D eigenvalue weighted by molar-refractivity contribution is 0.306. The molecular formula is C15H15N5O. The Balaban J connectivity index is 1.65. The van der Waals surface area contributed by atoms with Crippen LogP contribution in [0.2, 0.25) is 0 Å². The van der Waals surface area contributed by atoms with Gasteiger partial charge in [-0.2, -0.15) is 4.98 Å². The third kappa shape index (κ3) is 3.50. The van der Waals surface area contributed by atoms with E-state index in [1.165, 1.54) is 0 Å². The Labute approximate surface area is 122 Å². The fourth-order valence-electron chi connectivity index (χ4n) is 1.87. The van der Waals surface area contributed by atoms with Crippen LogP contribution in [-0.4, -0.2) is 15.2 Å². The first-order chi connectivity index (χ1) is 10.3. The predicted octanol–water partition coefficient (Wildman–Crippen LogP) is 2.71. The first kappa shape index (κ1) is 13.0. The largest absolute Gasteiger partial charge is 0.489 e. The molecule has 0 aliphatic heterocycles. The smallest absolute Gasteiger partial charge is 0.241 e. The predicted molar refractivity (Wildman–Crippen MR) is 81.3 cm³/mol. The number of hydrogen-bond donors (Lipinski definition) is 3. The van der Waals surface area contributed by atoms with Gasteiger partial charge in [-0.1, -0.05) is 36.4 Å². The molecule has 106 valence electrons. The lowest BCUT2D eigenvalue weighted by atomic mass is 10.2. The summed E-state index contributed by atoms with van der Waals surface area (Å²) in [4.78, 5) is 3.99. The van der Waals surface area contributed by atoms with Crippen molar-refractivity contribution in [2.24, 2.45) is 0 Å². The van der Waals surface area contributed by atoms with E-state index >= 15 is 0 Å². The maximum Gasteiger partial charge on any atom is 0.241 e. The first-order valence-electron chi connectivity index (χ1n) is 6.51. The number of aromatic amines is 1.